The molecule has 2 aromatic carbocycles. The van der Waals surface area contributed by atoms with Crippen LogP contribution >= 0.6 is 15.9 Å². The third-order valence-electron chi connectivity index (χ3n) is 3.01. The van der Waals surface area contributed by atoms with Crippen LogP contribution in [0.4, 0.5) is 20.2 Å². The lowest BCUT2D eigenvalue weighted by molar-refractivity contribution is 0.415. The number of halogens is 3. The van der Waals surface area contributed by atoms with Crippen molar-refractivity contribution >= 4 is 27.3 Å². The molecule has 0 saturated heterocycles. The van der Waals surface area contributed by atoms with E-state index in [0.29, 0.717) is 22.3 Å². The molecule has 106 valence electrons. The highest BCUT2D eigenvalue weighted by Gasteiger charge is 2.18. The van der Waals surface area contributed by atoms with E-state index in [1.807, 2.05) is 0 Å². The van der Waals surface area contributed by atoms with Crippen LogP contribution in [0.2, 0.25) is 0 Å². The molecule has 0 fully saturated rings. The summed E-state index contributed by atoms with van der Waals surface area (Å²) in [6, 6.07) is 9.72. The fourth-order valence-corrected chi connectivity index (χ4v) is 2.37. The highest BCUT2D eigenvalue weighted by molar-refractivity contribution is 9.08. The van der Waals surface area contributed by atoms with E-state index in [-0.39, 0.29) is 5.69 Å². The van der Waals surface area contributed by atoms with Gasteiger partial charge in [-0.1, -0.05) is 28.1 Å². The van der Waals surface area contributed by atoms with Crippen molar-refractivity contribution in [3.63, 3.8) is 0 Å². The SMILES string of the molecule is COc1ccccc1N(C)c1c(F)cc(CBr)cc1F. The summed E-state index contributed by atoms with van der Waals surface area (Å²) in [4.78, 5) is 1.45. The molecule has 0 saturated carbocycles. The summed E-state index contributed by atoms with van der Waals surface area (Å²) in [6.45, 7) is 0. The first-order valence-electron chi connectivity index (χ1n) is 5.99. The number of benzene rings is 2. The number of hydrogen-bond donors (Lipinski definition) is 0. The van der Waals surface area contributed by atoms with Crippen molar-refractivity contribution in [2.24, 2.45) is 0 Å². The second-order valence-electron chi connectivity index (χ2n) is 4.27. The minimum atomic E-state index is -0.604. The zero-order valence-electron chi connectivity index (χ0n) is 11.2. The number of anilines is 2. The van der Waals surface area contributed by atoms with Crippen LogP contribution in [0.1, 0.15) is 5.56 Å². The topological polar surface area (TPSA) is 12.5 Å². The second kappa shape index (κ2) is 6.22. The molecule has 20 heavy (non-hydrogen) atoms. The first-order valence-corrected chi connectivity index (χ1v) is 7.11. The van der Waals surface area contributed by atoms with Gasteiger partial charge in [-0.05, 0) is 29.8 Å². The predicted molar refractivity (Wildman–Crippen MR) is 80.0 cm³/mol. The lowest BCUT2D eigenvalue weighted by Crippen LogP contribution is -2.14. The summed E-state index contributed by atoms with van der Waals surface area (Å²) in [5, 5.41) is 0.402. The Hall–Kier alpha value is -1.62. The number of rotatable bonds is 4. The molecule has 0 unspecified atom stereocenters. The van der Waals surface area contributed by atoms with Crippen molar-refractivity contribution in [3.05, 3.63) is 53.6 Å². The molecule has 0 aliphatic heterocycles. The van der Waals surface area contributed by atoms with Crippen molar-refractivity contribution in [1.29, 1.82) is 0 Å². The van der Waals surface area contributed by atoms with E-state index in [1.54, 1.807) is 31.3 Å². The molecular weight excluding hydrogens is 328 g/mol. The summed E-state index contributed by atoms with van der Waals surface area (Å²) in [5.41, 5.74) is 1.05. The normalized spacial score (nSPS) is 10.4. The van der Waals surface area contributed by atoms with Crippen LogP contribution in [0.15, 0.2) is 36.4 Å². The van der Waals surface area contributed by atoms with Gasteiger partial charge in [0.2, 0.25) is 0 Å². The van der Waals surface area contributed by atoms with Crippen molar-refractivity contribution in [2.75, 3.05) is 19.1 Å². The molecule has 2 nitrogen and oxygen atoms in total. The molecule has 2 aromatic rings. The molecule has 0 amide bonds. The van der Waals surface area contributed by atoms with E-state index >= 15 is 0 Å². The van der Waals surface area contributed by atoms with Crippen LogP contribution in [0.25, 0.3) is 0 Å². The summed E-state index contributed by atoms with van der Waals surface area (Å²) in [6.07, 6.45) is 0. The van der Waals surface area contributed by atoms with Gasteiger partial charge in [0.05, 0.1) is 12.8 Å². The van der Waals surface area contributed by atoms with Gasteiger partial charge < -0.3 is 9.64 Å². The van der Waals surface area contributed by atoms with Crippen LogP contribution < -0.4 is 9.64 Å². The van der Waals surface area contributed by atoms with Gasteiger partial charge in [0.15, 0.2) is 0 Å². The zero-order chi connectivity index (χ0) is 14.7. The monoisotopic (exact) mass is 341 g/mol. The summed E-state index contributed by atoms with van der Waals surface area (Å²) in [5.74, 6) is -0.654. The Bertz CT molecular complexity index is 596. The average Bonchev–Trinajstić information content (AvgIpc) is 2.46. The Morgan fingerprint density at radius 2 is 1.75 bits per heavy atom. The van der Waals surface area contributed by atoms with Crippen molar-refractivity contribution < 1.29 is 13.5 Å². The summed E-state index contributed by atoms with van der Waals surface area (Å²) in [7, 11) is 3.13. The van der Waals surface area contributed by atoms with Gasteiger partial charge in [-0.3, -0.25) is 0 Å². The molecule has 0 radical (unpaired) electrons. The van der Waals surface area contributed by atoms with E-state index in [2.05, 4.69) is 15.9 Å². The Balaban J connectivity index is 2.51. The minimum Gasteiger partial charge on any atom is -0.495 e. The Morgan fingerprint density at radius 3 is 2.30 bits per heavy atom. The van der Waals surface area contributed by atoms with E-state index in [4.69, 9.17) is 4.74 Å². The molecule has 0 heterocycles. The van der Waals surface area contributed by atoms with Gasteiger partial charge in [-0.25, -0.2) is 8.78 Å². The molecule has 0 atom stereocenters. The number of ether oxygens (including phenoxy) is 1. The highest BCUT2D eigenvalue weighted by Crippen LogP contribution is 2.35. The molecule has 5 heteroatoms. The summed E-state index contributed by atoms with van der Waals surface area (Å²) < 4.78 is 33.5. The zero-order valence-corrected chi connectivity index (χ0v) is 12.7. The largest absolute Gasteiger partial charge is 0.495 e. The maximum absolute atomic E-state index is 14.1. The molecule has 0 bridgehead atoms. The first-order chi connectivity index (χ1) is 9.58. The Kier molecular flexibility index (Phi) is 4.60. The predicted octanol–water partition coefficient (Wildman–Crippen LogP) is 4.64. The number of methoxy groups -OCH3 is 1. The van der Waals surface area contributed by atoms with Crippen LogP contribution in [-0.4, -0.2) is 14.2 Å². The van der Waals surface area contributed by atoms with E-state index in [9.17, 15) is 8.78 Å². The van der Waals surface area contributed by atoms with Gasteiger partial charge >= 0.3 is 0 Å². The van der Waals surface area contributed by atoms with Gasteiger partial charge in [0.25, 0.3) is 0 Å². The first kappa shape index (κ1) is 14.8. The molecule has 0 aromatic heterocycles. The molecule has 0 aliphatic carbocycles. The molecule has 0 spiro atoms. The molecule has 0 aliphatic rings. The van der Waals surface area contributed by atoms with Gasteiger partial charge in [-0.15, -0.1) is 0 Å². The minimum absolute atomic E-state index is 0.0980. The van der Waals surface area contributed by atoms with Crippen LogP contribution in [0.5, 0.6) is 5.75 Å². The Labute approximate surface area is 125 Å². The maximum atomic E-state index is 14.1. The fraction of sp³-hybridized carbons (Fsp3) is 0.200. The van der Waals surface area contributed by atoms with E-state index in [1.165, 1.54) is 24.1 Å². The third kappa shape index (κ3) is 2.77. The average molecular weight is 342 g/mol. The second-order valence-corrected chi connectivity index (χ2v) is 4.83. The number of para-hydroxylation sites is 2. The molecular formula is C15H14BrF2NO. The number of hydrogen-bond acceptors (Lipinski definition) is 2. The quantitative estimate of drug-likeness (QED) is 0.751. The fourth-order valence-electron chi connectivity index (χ4n) is 2.04. The third-order valence-corrected chi connectivity index (χ3v) is 3.66. The maximum Gasteiger partial charge on any atom is 0.150 e. The van der Waals surface area contributed by atoms with Crippen LogP contribution in [-0.2, 0) is 5.33 Å². The molecule has 2 rings (SSSR count). The van der Waals surface area contributed by atoms with E-state index in [0.717, 1.165) is 0 Å². The van der Waals surface area contributed by atoms with Gasteiger partial charge in [-0.2, -0.15) is 0 Å². The van der Waals surface area contributed by atoms with Gasteiger partial charge in [0.1, 0.15) is 23.1 Å². The van der Waals surface area contributed by atoms with Crippen molar-refractivity contribution in [2.45, 2.75) is 5.33 Å². The lowest BCUT2D eigenvalue weighted by Gasteiger charge is -2.23. The van der Waals surface area contributed by atoms with Crippen molar-refractivity contribution in [1.82, 2.24) is 0 Å². The number of alkyl halides is 1. The summed E-state index contributed by atoms with van der Waals surface area (Å²) >= 11 is 3.19. The smallest absolute Gasteiger partial charge is 0.150 e. The highest BCUT2D eigenvalue weighted by atomic mass is 79.9. The standard InChI is InChI=1S/C15H14BrF2NO/c1-19(13-5-3-4-6-14(13)20-2)15-11(17)7-10(9-16)8-12(15)18/h3-8H,9H2,1-2H3. The lowest BCUT2D eigenvalue weighted by atomic mass is 10.1. The van der Waals surface area contributed by atoms with Crippen LogP contribution in [0.3, 0.4) is 0 Å². The number of nitrogens with zero attached hydrogens (tertiary/aromatic N) is 1. The molecule has 0 N–H and O–H groups in total. The van der Waals surface area contributed by atoms with Crippen LogP contribution in [0, 0.1) is 11.6 Å². The van der Waals surface area contributed by atoms with Gasteiger partial charge in [0, 0.05) is 12.4 Å². The Morgan fingerprint density at radius 1 is 1.15 bits per heavy atom. The van der Waals surface area contributed by atoms with Crippen molar-refractivity contribution in [3.8, 4) is 5.75 Å². The van der Waals surface area contributed by atoms with E-state index < -0.39 is 11.6 Å².